The van der Waals surface area contributed by atoms with Crippen molar-refractivity contribution in [3.05, 3.63) is 59.2 Å². The molecule has 0 heterocycles. The first-order valence-electron chi connectivity index (χ1n) is 7.39. The average molecular weight is 358 g/mol. The fourth-order valence-electron chi connectivity index (χ4n) is 2.19. The molecule has 2 N–H and O–H groups in total. The van der Waals surface area contributed by atoms with Crippen molar-refractivity contribution in [3.8, 4) is 0 Å². The van der Waals surface area contributed by atoms with E-state index < -0.39 is 11.9 Å². The van der Waals surface area contributed by atoms with Gasteiger partial charge in [0, 0.05) is 11.4 Å². The van der Waals surface area contributed by atoms with Crippen LogP contribution in [0.4, 0.5) is 11.4 Å². The van der Waals surface area contributed by atoms with Crippen molar-refractivity contribution in [1.29, 1.82) is 0 Å². The number of ether oxygens (including phenoxy) is 2. The standard InChI is InChI=1S/C18H18N2O4S/c1-11-5-4-6-14(7-11)19-18(25)20-15-9-12(16(21)23-2)8-13(10-15)17(22)24-3/h4-10H,1-3H3,(H2,19,20,25). The molecule has 0 fully saturated rings. The molecule has 2 rings (SSSR count). The quantitative estimate of drug-likeness (QED) is 0.641. The molecule has 2 aromatic carbocycles. The molecule has 0 saturated heterocycles. The fourth-order valence-corrected chi connectivity index (χ4v) is 2.42. The smallest absolute Gasteiger partial charge is 0.337 e. The summed E-state index contributed by atoms with van der Waals surface area (Å²) in [4.78, 5) is 23.6. The number of esters is 2. The molecule has 7 heteroatoms. The lowest BCUT2D eigenvalue weighted by Gasteiger charge is -2.13. The van der Waals surface area contributed by atoms with Gasteiger partial charge in [-0.25, -0.2) is 9.59 Å². The SMILES string of the molecule is COC(=O)c1cc(NC(=S)Nc2cccc(C)c2)cc(C(=O)OC)c1. The van der Waals surface area contributed by atoms with Gasteiger partial charge in [-0.05, 0) is 55.0 Å². The summed E-state index contributed by atoms with van der Waals surface area (Å²) < 4.78 is 9.41. The molecule has 0 atom stereocenters. The zero-order chi connectivity index (χ0) is 18.4. The van der Waals surface area contributed by atoms with Crippen molar-refractivity contribution >= 4 is 40.6 Å². The molecule has 0 bridgehead atoms. The Kier molecular flexibility index (Phi) is 6.08. The second-order valence-corrected chi connectivity index (χ2v) is 5.64. The highest BCUT2D eigenvalue weighted by Gasteiger charge is 2.14. The number of carbonyl (C=O) groups is 2. The lowest BCUT2D eigenvalue weighted by molar-refractivity contribution is 0.0599. The van der Waals surface area contributed by atoms with Crippen molar-refractivity contribution in [3.63, 3.8) is 0 Å². The Morgan fingerprint density at radius 1 is 0.880 bits per heavy atom. The van der Waals surface area contributed by atoms with E-state index >= 15 is 0 Å². The van der Waals surface area contributed by atoms with E-state index in [1.165, 1.54) is 20.3 Å². The molecule has 0 aliphatic heterocycles. The fraction of sp³-hybridized carbons (Fsp3) is 0.167. The van der Waals surface area contributed by atoms with Crippen LogP contribution in [-0.2, 0) is 9.47 Å². The number of aryl methyl sites for hydroxylation is 1. The van der Waals surface area contributed by atoms with Crippen molar-refractivity contribution in [1.82, 2.24) is 0 Å². The summed E-state index contributed by atoms with van der Waals surface area (Å²) in [7, 11) is 2.54. The number of nitrogens with one attached hydrogen (secondary N) is 2. The minimum absolute atomic E-state index is 0.214. The van der Waals surface area contributed by atoms with Gasteiger partial charge in [0.1, 0.15) is 0 Å². The number of anilines is 2. The van der Waals surface area contributed by atoms with Crippen LogP contribution in [0.3, 0.4) is 0 Å². The van der Waals surface area contributed by atoms with Gasteiger partial charge in [0.15, 0.2) is 5.11 Å². The highest BCUT2D eigenvalue weighted by Crippen LogP contribution is 2.18. The van der Waals surface area contributed by atoms with Gasteiger partial charge in [0.05, 0.1) is 25.3 Å². The molecule has 0 radical (unpaired) electrons. The third kappa shape index (κ3) is 5.02. The van der Waals surface area contributed by atoms with E-state index in [1.54, 1.807) is 12.1 Å². The maximum atomic E-state index is 11.8. The minimum atomic E-state index is -0.564. The molecule has 6 nitrogen and oxygen atoms in total. The molecule has 0 aliphatic rings. The van der Waals surface area contributed by atoms with E-state index in [0.29, 0.717) is 10.8 Å². The second kappa shape index (κ2) is 8.25. The molecule has 0 amide bonds. The molecule has 0 aromatic heterocycles. The Balaban J connectivity index is 2.23. The van der Waals surface area contributed by atoms with Crippen LogP contribution in [0.25, 0.3) is 0 Å². The lowest BCUT2D eigenvalue weighted by atomic mass is 10.1. The minimum Gasteiger partial charge on any atom is -0.465 e. The van der Waals surface area contributed by atoms with Gasteiger partial charge in [-0.1, -0.05) is 12.1 Å². The normalized spacial score (nSPS) is 9.88. The van der Waals surface area contributed by atoms with Crippen LogP contribution in [0.15, 0.2) is 42.5 Å². The molecule has 0 spiro atoms. The molecule has 0 aliphatic carbocycles. The van der Waals surface area contributed by atoms with Crippen LogP contribution < -0.4 is 10.6 Å². The first kappa shape index (κ1) is 18.4. The zero-order valence-corrected chi connectivity index (χ0v) is 14.9. The topological polar surface area (TPSA) is 76.7 Å². The number of rotatable bonds is 4. The predicted molar refractivity (Wildman–Crippen MR) is 100 cm³/mol. The van der Waals surface area contributed by atoms with Gasteiger partial charge in [0.2, 0.25) is 0 Å². The third-order valence-corrected chi connectivity index (χ3v) is 3.51. The van der Waals surface area contributed by atoms with Gasteiger partial charge in [-0.15, -0.1) is 0 Å². The van der Waals surface area contributed by atoms with E-state index in [9.17, 15) is 9.59 Å². The van der Waals surface area contributed by atoms with Gasteiger partial charge in [-0.3, -0.25) is 0 Å². The Morgan fingerprint density at radius 2 is 1.44 bits per heavy atom. The molecular formula is C18H18N2O4S. The largest absolute Gasteiger partial charge is 0.465 e. The van der Waals surface area contributed by atoms with Crippen LogP contribution >= 0.6 is 12.2 Å². The van der Waals surface area contributed by atoms with Gasteiger partial charge < -0.3 is 20.1 Å². The van der Waals surface area contributed by atoms with Gasteiger partial charge >= 0.3 is 11.9 Å². The molecule has 0 unspecified atom stereocenters. The maximum absolute atomic E-state index is 11.8. The van der Waals surface area contributed by atoms with E-state index in [-0.39, 0.29) is 11.1 Å². The highest BCUT2D eigenvalue weighted by atomic mass is 32.1. The first-order valence-corrected chi connectivity index (χ1v) is 7.80. The summed E-state index contributed by atoms with van der Waals surface area (Å²) in [6.45, 7) is 1.98. The average Bonchev–Trinajstić information content (AvgIpc) is 2.59. The Bertz CT molecular complexity index is 786. The summed E-state index contributed by atoms with van der Waals surface area (Å²) in [5.74, 6) is -1.13. The van der Waals surface area contributed by atoms with Crippen LogP contribution in [0, 0.1) is 6.92 Å². The summed E-state index contributed by atoms with van der Waals surface area (Å²) >= 11 is 5.28. The number of methoxy groups -OCH3 is 2. The van der Waals surface area contributed by atoms with Crippen LogP contribution in [0.1, 0.15) is 26.3 Å². The van der Waals surface area contributed by atoms with E-state index in [1.807, 2.05) is 31.2 Å². The van der Waals surface area contributed by atoms with Crippen LogP contribution in [0.2, 0.25) is 0 Å². The number of carbonyl (C=O) groups excluding carboxylic acids is 2. The molecule has 25 heavy (non-hydrogen) atoms. The van der Waals surface area contributed by atoms with E-state index in [2.05, 4.69) is 10.6 Å². The molecule has 0 saturated carbocycles. The van der Waals surface area contributed by atoms with E-state index in [4.69, 9.17) is 21.7 Å². The Morgan fingerprint density at radius 3 is 1.96 bits per heavy atom. The van der Waals surface area contributed by atoms with Crippen LogP contribution in [0.5, 0.6) is 0 Å². The van der Waals surface area contributed by atoms with E-state index in [0.717, 1.165) is 11.3 Å². The van der Waals surface area contributed by atoms with Crippen molar-refractivity contribution in [2.45, 2.75) is 6.92 Å². The predicted octanol–water partition coefficient (Wildman–Crippen LogP) is 3.38. The third-order valence-electron chi connectivity index (χ3n) is 3.31. The lowest BCUT2D eigenvalue weighted by Crippen LogP contribution is -2.20. The van der Waals surface area contributed by atoms with Gasteiger partial charge in [0.25, 0.3) is 0 Å². The zero-order valence-electron chi connectivity index (χ0n) is 14.1. The number of benzene rings is 2. The molecule has 130 valence electrons. The second-order valence-electron chi connectivity index (χ2n) is 5.23. The molecule has 2 aromatic rings. The summed E-state index contributed by atoms with van der Waals surface area (Å²) in [5.41, 5.74) is 2.81. The first-order chi connectivity index (χ1) is 11.9. The van der Waals surface area contributed by atoms with Crippen molar-refractivity contribution < 1.29 is 19.1 Å². The summed E-state index contributed by atoms with van der Waals surface area (Å²) in [5, 5.41) is 6.32. The number of hydrogen-bond acceptors (Lipinski definition) is 5. The maximum Gasteiger partial charge on any atom is 0.337 e. The highest BCUT2D eigenvalue weighted by molar-refractivity contribution is 7.80. The van der Waals surface area contributed by atoms with Crippen LogP contribution in [-0.4, -0.2) is 31.3 Å². The summed E-state index contributed by atoms with van der Waals surface area (Å²) in [6.07, 6.45) is 0. The van der Waals surface area contributed by atoms with Crippen molar-refractivity contribution in [2.24, 2.45) is 0 Å². The molecular weight excluding hydrogens is 340 g/mol. The summed E-state index contributed by atoms with van der Waals surface area (Å²) in [6, 6.07) is 12.2. The van der Waals surface area contributed by atoms with Gasteiger partial charge in [-0.2, -0.15) is 0 Å². The Labute approximate surface area is 151 Å². The Hall–Kier alpha value is -2.93. The number of thiocarbonyl (C=S) groups is 1. The monoisotopic (exact) mass is 358 g/mol. The van der Waals surface area contributed by atoms with Crippen molar-refractivity contribution in [2.75, 3.05) is 24.9 Å². The number of hydrogen-bond donors (Lipinski definition) is 2.